The lowest BCUT2D eigenvalue weighted by atomic mass is 10.1. The lowest BCUT2D eigenvalue weighted by Crippen LogP contribution is -2.30. The monoisotopic (exact) mass is 536 g/mol. The zero-order valence-electron chi connectivity index (χ0n) is 19.1. The molecule has 0 aromatic heterocycles. The van der Waals surface area contributed by atoms with E-state index in [2.05, 4.69) is 29.8 Å². The number of thiocarbonyl (C=S) groups is 1. The van der Waals surface area contributed by atoms with Crippen LogP contribution in [0, 0.1) is 0 Å². The van der Waals surface area contributed by atoms with Crippen molar-refractivity contribution in [3.05, 3.63) is 33.1 Å². The van der Waals surface area contributed by atoms with Gasteiger partial charge < -0.3 is 4.90 Å². The minimum absolute atomic E-state index is 0.0744. The second kappa shape index (κ2) is 12.3. The third kappa shape index (κ3) is 5.84. The fourth-order valence-electron chi connectivity index (χ4n) is 4.23. The van der Waals surface area contributed by atoms with Gasteiger partial charge in [-0.3, -0.25) is 14.5 Å². The molecule has 2 aliphatic heterocycles. The molecule has 2 aliphatic rings. The van der Waals surface area contributed by atoms with Crippen LogP contribution in [0.1, 0.15) is 83.6 Å². The molecule has 0 atom stereocenters. The van der Waals surface area contributed by atoms with E-state index in [1.807, 2.05) is 23.1 Å². The van der Waals surface area contributed by atoms with Gasteiger partial charge in [0, 0.05) is 23.1 Å². The van der Waals surface area contributed by atoms with Crippen molar-refractivity contribution in [2.24, 2.45) is 0 Å². The number of anilines is 1. The van der Waals surface area contributed by atoms with E-state index in [1.165, 1.54) is 43.9 Å². The van der Waals surface area contributed by atoms with Gasteiger partial charge in [-0.2, -0.15) is 0 Å². The Balaban J connectivity index is 1.78. The lowest BCUT2D eigenvalue weighted by Gasteiger charge is -2.17. The maximum atomic E-state index is 13.5. The molecule has 1 fully saturated rings. The van der Waals surface area contributed by atoms with Crippen molar-refractivity contribution in [3.63, 3.8) is 0 Å². The molecular formula is C25H33BrN2O2S2. The van der Waals surface area contributed by atoms with E-state index in [1.54, 1.807) is 4.90 Å². The highest BCUT2D eigenvalue weighted by molar-refractivity contribution is 9.10. The van der Waals surface area contributed by atoms with Gasteiger partial charge in [-0.05, 0) is 31.0 Å². The molecule has 0 bridgehead atoms. The van der Waals surface area contributed by atoms with Crippen LogP contribution in [-0.2, 0) is 9.59 Å². The maximum absolute atomic E-state index is 13.5. The van der Waals surface area contributed by atoms with Crippen LogP contribution in [-0.4, -0.2) is 34.1 Å². The summed E-state index contributed by atoms with van der Waals surface area (Å²) in [4.78, 5) is 30.8. The van der Waals surface area contributed by atoms with Crippen LogP contribution in [0.4, 0.5) is 5.69 Å². The molecule has 32 heavy (non-hydrogen) atoms. The zero-order valence-corrected chi connectivity index (χ0v) is 22.3. The van der Waals surface area contributed by atoms with Gasteiger partial charge in [-0.15, -0.1) is 0 Å². The van der Waals surface area contributed by atoms with Gasteiger partial charge in [0.05, 0.1) is 16.2 Å². The van der Waals surface area contributed by atoms with Crippen LogP contribution in [0.5, 0.6) is 0 Å². The van der Waals surface area contributed by atoms with Crippen molar-refractivity contribution in [3.8, 4) is 0 Å². The Morgan fingerprint density at radius 2 is 1.44 bits per heavy atom. The molecule has 0 aliphatic carbocycles. The maximum Gasteiger partial charge on any atom is 0.267 e. The number of fused-ring (bicyclic) bond motifs is 1. The summed E-state index contributed by atoms with van der Waals surface area (Å²) in [7, 11) is 0. The van der Waals surface area contributed by atoms with Crippen LogP contribution in [0.2, 0.25) is 0 Å². The quantitative estimate of drug-likeness (QED) is 0.159. The molecule has 1 aromatic rings. The highest BCUT2D eigenvalue weighted by Crippen LogP contribution is 2.45. The molecule has 1 saturated heterocycles. The zero-order chi connectivity index (χ0) is 23.1. The fourth-order valence-corrected chi connectivity index (χ4v) is 5.98. The van der Waals surface area contributed by atoms with Crippen LogP contribution in [0.3, 0.4) is 0 Å². The topological polar surface area (TPSA) is 40.6 Å². The molecule has 2 heterocycles. The first kappa shape index (κ1) is 25.4. The molecular weight excluding hydrogens is 504 g/mol. The van der Waals surface area contributed by atoms with Crippen LogP contribution < -0.4 is 4.90 Å². The second-order valence-electron chi connectivity index (χ2n) is 8.48. The van der Waals surface area contributed by atoms with Crippen molar-refractivity contribution in [2.45, 2.75) is 78.1 Å². The Bertz CT molecular complexity index is 900. The lowest BCUT2D eigenvalue weighted by molar-refractivity contribution is -0.122. The molecule has 0 unspecified atom stereocenters. The summed E-state index contributed by atoms with van der Waals surface area (Å²) in [6.07, 6.45) is 11.3. The number of hydrogen-bond acceptors (Lipinski definition) is 4. The molecule has 2 amide bonds. The molecule has 0 saturated carbocycles. The first-order valence-electron chi connectivity index (χ1n) is 11.9. The van der Waals surface area contributed by atoms with E-state index in [4.69, 9.17) is 12.2 Å². The van der Waals surface area contributed by atoms with Crippen molar-refractivity contribution < 1.29 is 9.59 Å². The predicted molar refractivity (Wildman–Crippen MR) is 143 cm³/mol. The fraction of sp³-hybridized carbons (Fsp3) is 0.560. The van der Waals surface area contributed by atoms with E-state index >= 15 is 0 Å². The molecule has 0 spiro atoms. The van der Waals surface area contributed by atoms with Gasteiger partial charge in [0.2, 0.25) is 0 Å². The van der Waals surface area contributed by atoms with E-state index in [-0.39, 0.29) is 11.8 Å². The number of hydrogen-bond donors (Lipinski definition) is 0. The third-order valence-corrected chi connectivity index (χ3v) is 7.97. The molecule has 7 heteroatoms. The van der Waals surface area contributed by atoms with Crippen molar-refractivity contribution in [2.75, 3.05) is 18.0 Å². The number of halogens is 1. The second-order valence-corrected chi connectivity index (χ2v) is 11.0. The highest BCUT2D eigenvalue weighted by Gasteiger charge is 2.41. The predicted octanol–water partition coefficient (Wildman–Crippen LogP) is 7.31. The SMILES string of the molecule is CCCCCCCCN1C(=O)/C(=C2/C(=O)N(CCCCCC)c3ccc(Br)cc32)SC1=S. The number of unbranched alkanes of at least 4 members (excludes halogenated alkanes) is 8. The van der Waals surface area contributed by atoms with Crippen molar-refractivity contribution in [1.82, 2.24) is 4.90 Å². The average Bonchev–Trinajstić information content (AvgIpc) is 3.20. The minimum atomic E-state index is -0.115. The Morgan fingerprint density at radius 1 is 0.844 bits per heavy atom. The molecule has 1 aromatic carbocycles. The standard InChI is InChI=1S/C25H33BrN2O2S2/c1-3-5-7-9-10-12-16-28-24(30)22(32-25(28)31)21-19-17-18(26)13-14-20(19)27(23(21)29)15-11-8-6-4-2/h13-14,17H,3-12,15-16H2,1-2H3/b22-21-. The van der Waals surface area contributed by atoms with Crippen LogP contribution >= 0.6 is 39.9 Å². The molecule has 0 radical (unpaired) electrons. The number of amides is 2. The van der Waals surface area contributed by atoms with Crippen LogP contribution in [0.15, 0.2) is 27.6 Å². The number of rotatable bonds is 12. The summed E-state index contributed by atoms with van der Waals surface area (Å²) in [6, 6.07) is 5.88. The Morgan fingerprint density at radius 3 is 2.12 bits per heavy atom. The molecule has 4 nitrogen and oxygen atoms in total. The van der Waals surface area contributed by atoms with Gasteiger partial charge in [-0.1, -0.05) is 105 Å². The van der Waals surface area contributed by atoms with E-state index in [0.29, 0.717) is 27.9 Å². The largest absolute Gasteiger partial charge is 0.308 e. The van der Waals surface area contributed by atoms with Gasteiger partial charge in [0.1, 0.15) is 4.32 Å². The third-order valence-electron chi connectivity index (χ3n) is 6.02. The van der Waals surface area contributed by atoms with Gasteiger partial charge in [-0.25, -0.2) is 0 Å². The number of carbonyl (C=O) groups excluding carboxylic acids is 2. The number of nitrogens with zero attached hydrogens (tertiary/aromatic N) is 2. The number of benzene rings is 1. The first-order valence-corrected chi connectivity index (χ1v) is 13.9. The van der Waals surface area contributed by atoms with E-state index in [9.17, 15) is 9.59 Å². The Kier molecular flexibility index (Phi) is 9.80. The Hall–Kier alpha value is -1.18. The first-order chi connectivity index (χ1) is 15.5. The molecule has 3 rings (SSSR count). The summed E-state index contributed by atoms with van der Waals surface area (Å²) in [5, 5.41) is 0. The normalized spacial score (nSPS) is 18.3. The summed E-state index contributed by atoms with van der Waals surface area (Å²) < 4.78 is 1.47. The smallest absolute Gasteiger partial charge is 0.267 e. The average molecular weight is 538 g/mol. The van der Waals surface area contributed by atoms with E-state index < -0.39 is 0 Å². The van der Waals surface area contributed by atoms with Gasteiger partial charge in [0.15, 0.2) is 0 Å². The summed E-state index contributed by atoms with van der Waals surface area (Å²) in [5.74, 6) is -0.190. The summed E-state index contributed by atoms with van der Waals surface area (Å²) in [6.45, 7) is 5.70. The molecule has 174 valence electrons. The minimum Gasteiger partial charge on any atom is -0.308 e. The summed E-state index contributed by atoms with van der Waals surface area (Å²) >= 11 is 10.4. The van der Waals surface area contributed by atoms with Gasteiger partial charge >= 0.3 is 0 Å². The number of thioether (sulfide) groups is 1. The van der Waals surface area contributed by atoms with Gasteiger partial charge in [0.25, 0.3) is 11.8 Å². The van der Waals surface area contributed by atoms with Crippen molar-refractivity contribution in [1.29, 1.82) is 0 Å². The van der Waals surface area contributed by atoms with Crippen LogP contribution in [0.25, 0.3) is 5.57 Å². The number of carbonyl (C=O) groups is 2. The van der Waals surface area contributed by atoms with Crippen molar-refractivity contribution >= 4 is 67.3 Å². The molecule has 0 N–H and O–H groups in total. The van der Waals surface area contributed by atoms with E-state index in [0.717, 1.165) is 47.8 Å². The summed E-state index contributed by atoms with van der Waals surface area (Å²) in [5.41, 5.74) is 2.24. The highest BCUT2D eigenvalue weighted by atomic mass is 79.9. The Labute approximate surface area is 210 Å².